The van der Waals surface area contributed by atoms with Crippen LogP contribution in [0.25, 0.3) is 0 Å². The van der Waals surface area contributed by atoms with Gasteiger partial charge in [0.2, 0.25) is 0 Å². The third kappa shape index (κ3) is 4.90. The third-order valence-corrected chi connectivity index (χ3v) is 3.50. The van der Waals surface area contributed by atoms with E-state index >= 15 is 0 Å². The van der Waals surface area contributed by atoms with Crippen LogP contribution in [0, 0.1) is 0 Å². The van der Waals surface area contributed by atoms with E-state index in [-0.39, 0.29) is 12.0 Å². The molecular formula is C18H22N2O2. The van der Waals surface area contributed by atoms with Crippen LogP contribution in [0.4, 0.5) is 4.79 Å². The van der Waals surface area contributed by atoms with Crippen molar-refractivity contribution in [3.05, 3.63) is 71.8 Å². The SMILES string of the molecule is CC(CNCC(c1ccccc1)c1ccccc1)OC(N)=O. The summed E-state index contributed by atoms with van der Waals surface area (Å²) in [7, 11) is 0. The van der Waals surface area contributed by atoms with E-state index < -0.39 is 6.09 Å². The number of nitrogens with one attached hydrogen (secondary N) is 1. The molecule has 0 fully saturated rings. The van der Waals surface area contributed by atoms with E-state index in [0.717, 1.165) is 6.54 Å². The minimum atomic E-state index is -0.739. The monoisotopic (exact) mass is 298 g/mol. The summed E-state index contributed by atoms with van der Waals surface area (Å²) in [4.78, 5) is 10.7. The Balaban J connectivity index is 2.02. The van der Waals surface area contributed by atoms with Gasteiger partial charge in [0, 0.05) is 19.0 Å². The lowest BCUT2D eigenvalue weighted by molar-refractivity contribution is 0.115. The molecule has 22 heavy (non-hydrogen) atoms. The van der Waals surface area contributed by atoms with Crippen LogP contribution >= 0.6 is 0 Å². The zero-order chi connectivity index (χ0) is 15.8. The number of primary amides is 1. The van der Waals surface area contributed by atoms with Crippen LogP contribution in [-0.2, 0) is 4.74 Å². The molecule has 0 aliphatic rings. The van der Waals surface area contributed by atoms with Crippen LogP contribution in [0.3, 0.4) is 0 Å². The van der Waals surface area contributed by atoms with E-state index in [9.17, 15) is 4.79 Å². The van der Waals surface area contributed by atoms with E-state index in [1.54, 1.807) is 0 Å². The fourth-order valence-electron chi connectivity index (χ4n) is 2.47. The highest BCUT2D eigenvalue weighted by molar-refractivity contribution is 5.64. The molecule has 116 valence electrons. The number of carbonyl (C=O) groups is 1. The van der Waals surface area contributed by atoms with E-state index in [1.165, 1.54) is 11.1 Å². The molecule has 0 radical (unpaired) electrons. The number of rotatable bonds is 7. The fourth-order valence-corrected chi connectivity index (χ4v) is 2.47. The van der Waals surface area contributed by atoms with E-state index in [2.05, 4.69) is 29.6 Å². The number of benzene rings is 2. The summed E-state index contributed by atoms with van der Waals surface area (Å²) < 4.78 is 4.92. The number of nitrogens with two attached hydrogens (primary N) is 1. The van der Waals surface area contributed by atoms with Gasteiger partial charge < -0.3 is 15.8 Å². The van der Waals surface area contributed by atoms with Crippen molar-refractivity contribution in [2.45, 2.75) is 18.9 Å². The van der Waals surface area contributed by atoms with Gasteiger partial charge in [-0.15, -0.1) is 0 Å². The molecule has 1 amide bonds. The lowest BCUT2D eigenvalue weighted by Crippen LogP contribution is -2.33. The summed E-state index contributed by atoms with van der Waals surface area (Å²) in [6.45, 7) is 3.15. The first-order valence-corrected chi connectivity index (χ1v) is 7.43. The second-order valence-electron chi connectivity index (χ2n) is 5.28. The van der Waals surface area contributed by atoms with Crippen LogP contribution in [0.1, 0.15) is 24.0 Å². The Hall–Kier alpha value is -2.33. The molecule has 0 saturated carbocycles. The predicted molar refractivity (Wildman–Crippen MR) is 87.7 cm³/mol. The molecule has 0 spiro atoms. The maximum atomic E-state index is 10.7. The van der Waals surface area contributed by atoms with Crippen molar-refractivity contribution < 1.29 is 9.53 Å². The van der Waals surface area contributed by atoms with Crippen molar-refractivity contribution in [2.75, 3.05) is 13.1 Å². The van der Waals surface area contributed by atoms with Crippen molar-refractivity contribution in [1.82, 2.24) is 5.32 Å². The average molecular weight is 298 g/mol. The molecule has 3 N–H and O–H groups in total. The maximum absolute atomic E-state index is 10.7. The zero-order valence-electron chi connectivity index (χ0n) is 12.7. The Bertz CT molecular complexity index is 533. The van der Waals surface area contributed by atoms with Crippen molar-refractivity contribution in [1.29, 1.82) is 0 Å². The summed E-state index contributed by atoms with van der Waals surface area (Å²) in [6.07, 6.45) is -0.985. The van der Waals surface area contributed by atoms with Gasteiger partial charge in [-0.2, -0.15) is 0 Å². The lowest BCUT2D eigenvalue weighted by atomic mass is 9.91. The van der Waals surface area contributed by atoms with Crippen LogP contribution < -0.4 is 11.1 Å². The van der Waals surface area contributed by atoms with Crippen LogP contribution in [0.15, 0.2) is 60.7 Å². The molecule has 1 atom stereocenters. The quantitative estimate of drug-likeness (QED) is 0.826. The molecule has 2 rings (SSSR count). The molecule has 0 bridgehead atoms. The summed E-state index contributed by atoms with van der Waals surface area (Å²) >= 11 is 0. The Morgan fingerprint density at radius 2 is 1.50 bits per heavy atom. The van der Waals surface area contributed by atoms with Gasteiger partial charge in [-0.05, 0) is 18.1 Å². The van der Waals surface area contributed by atoms with Crippen molar-refractivity contribution in [3.63, 3.8) is 0 Å². The van der Waals surface area contributed by atoms with Gasteiger partial charge in [-0.25, -0.2) is 4.79 Å². The highest BCUT2D eigenvalue weighted by Gasteiger charge is 2.14. The van der Waals surface area contributed by atoms with Gasteiger partial charge in [-0.1, -0.05) is 60.7 Å². The molecule has 4 nitrogen and oxygen atoms in total. The first-order valence-electron chi connectivity index (χ1n) is 7.43. The van der Waals surface area contributed by atoms with Gasteiger partial charge in [0.15, 0.2) is 0 Å². The summed E-state index contributed by atoms with van der Waals surface area (Å²) in [5.41, 5.74) is 7.53. The van der Waals surface area contributed by atoms with Crippen LogP contribution in [-0.4, -0.2) is 25.3 Å². The van der Waals surface area contributed by atoms with Crippen molar-refractivity contribution >= 4 is 6.09 Å². The summed E-state index contributed by atoms with van der Waals surface area (Å²) in [6, 6.07) is 20.7. The highest BCUT2D eigenvalue weighted by Crippen LogP contribution is 2.23. The van der Waals surface area contributed by atoms with Gasteiger partial charge in [0.25, 0.3) is 0 Å². The Morgan fingerprint density at radius 3 is 1.95 bits per heavy atom. The van der Waals surface area contributed by atoms with Crippen LogP contribution in [0.5, 0.6) is 0 Å². The molecule has 0 aliphatic carbocycles. The number of ether oxygens (including phenoxy) is 1. The molecule has 2 aromatic rings. The molecule has 0 saturated heterocycles. The first-order chi connectivity index (χ1) is 10.7. The molecule has 0 heterocycles. The predicted octanol–water partition coefficient (Wildman–Crippen LogP) is 2.89. The second kappa shape index (κ2) is 8.20. The zero-order valence-corrected chi connectivity index (χ0v) is 12.7. The normalized spacial score (nSPS) is 12.1. The molecule has 0 aromatic heterocycles. The van der Waals surface area contributed by atoms with Gasteiger partial charge in [-0.3, -0.25) is 0 Å². The van der Waals surface area contributed by atoms with Gasteiger partial charge in [0.1, 0.15) is 6.10 Å². The van der Waals surface area contributed by atoms with Crippen LogP contribution in [0.2, 0.25) is 0 Å². The summed E-state index contributed by atoms with van der Waals surface area (Å²) in [5.74, 6) is 0.253. The third-order valence-electron chi connectivity index (χ3n) is 3.50. The topological polar surface area (TPSA) is 64.3 Å². The van der Waals surface area contributed by atoms with E-state index in [1.807, 2.05) is 43.3 Å². The number of hydrogen-bond acceptors (Lipinski definition) is 3. The highest BCUT2D eigenvalue weighted by atomic mass is 16.6. The standard InChI is InChI=1S/C18H22N2O2/c1-14(22-18(19)21)12-20-13-17(15-8-4-2-5-9-15)16-10-6-3-7-11-16/h2-11,14,17,20H,12-13H2,1H3,(H2,19,21). The Labute approximate surface area is 131 Å². The summed E-state index contributed by atoms with van der Waals surface area (Å²) in [5, 5.41) is 3.35. The number of hydrogen-bond donors (Lipinski definition) is 2. The Morgan fingerprint density at radius 1 is 1.00 bits per heavy atom. The van der Waals surface area contributed by atoms with Gasteiger partial charge >= 0.3 is 6.09 Å². The molecule has 0 aliphatic heterocycles. The minimum Gasteiger partial charge on any atom is -0.445 e. The average Bonchev–Trinajstić information content (AvgIpc) is 2.52. The van der Waals surface area contributed by atoms with Gasteiger partial charge in [0.05, 0.1) is 0 Å². The minimum absolute atomic E-state index is 0.246. The molecule has 4 heteroatoms. The van der Waals surface area contributed by atoms with Crippen molar-refractivity contribution in [3.8, 4) is 0 Å². The lowest BCUT2D eigenvalue weighted by Gasteiger charge is -2.20. The number of amides is 1. The molecular weight excluding hydrogens is 276 g/mol. The molecule has 2 aromatic carbocycles. The van der Waals surface area contributed by atoms with E-state index in [4.69, 9.17) is 10.5 Å². The first kappa shape index (κ1) is 16.0. The Kier molecular flexibility index (Phi) is 5.98. The van der Waals surface area contributed by atoms with Crippen molar-refractivity contribution in [2.24, 2.45) is 5.73 Å². The smallest absolute Gasteiger partial charge is 0.404 e. The maximum Gasteiger partial charge on any atom is 0.404 e. The largest absolute Gasteiger partial charge is 0.445 e. The number of carbonyl (C=O) groups excluding carboxylic acids is 1. The fraction of sp³-hybridized carbons (Fsp3) is 0.278. The van der Waals surface area contributed by atoms with E-state index in [0.29, 0.717) is 6.54 Å². The molecule has 1 unspecified atom stereocenters. The second-order valence-corrected chi connectivity index (χ2v) is 5.28.